The Kier molecular flexibility index (Phi) is 7.71. The molecule has 0 amide bonds. The monoisotopic (exact) mass is 427 g/mol. The molecule has 2 N–H and O–H groups in total. The Morgan fingerprint density at radius 1 is 1.10 bits per heavy atom. The summed E-state index contributed by atoms with van der Waals surface area (Å²) in [5, 5.41) is 11.8. The molecule has 0 aromatic heterocycles. The summed E-state index contributed by atoms with van der Waals surface area (Å²) in [6.45, 7) is 7.86. The minimum Gasteiger partial charge on any atom is -0.487 e. The quantitative estimate of drug-likeness (QED) is 0.504. The van der Waals surface area contributed by atoms with Crippen molar-refractivity contribution in [3.63, 3.8) is 0 Å². The number of carboxylic acid groups (broad SMARTS) is 1. The van der Waals surface area contributed by atoms with E-state index in [1.165, 1.54) is 6.07 Å². The lowest BCUT2D eigenvalue weighted by molar-refractivity contribution is -0.136. The number of aliphatic carboxylic acids is 1. The minimum absolute atomic E-state index is 0.0826. The van der Waals surface area contributed by atoms with Crippen molar-refractivity contribution in [3.05, 3.63) is 53.8 Å². The third-order valence-corrected chi connectivity index (χ3v) is 6.23. The fraction of sp³-hybridized carbons (Fsp3) is 0.500. The third kappa shape index (κ3) is 6.79. The van der Waals surface area contributed by atoms with Gasteiger partial charge in [-0.2, -0.15) is 0 Å². The van der Waals surface area contributed by atoms with Gasteiger partial charge in [0.1, 0.15) is 0 Å². The first kappa shape index (κ1) is 23.3. The van der Waals surface area contributed by atoms with Gasteiger partial charge in [-0.25, -0.2) is 4.39 Å². The highest BCUT2D eigenvalue weighted by molar-refractivity contribution is 5.67. The molecule has 0 radical (unpaired) electrons. The largest absolute Gasteiger partial charge is 0.487 e. The molecule has 0 heterocycles. The number of nitrogens with one attached hydrogen (secondary N) is 1. The molecule has 1 aliphatic rings. The van der Waals surface area contributed by atoms with E-state index < -0.39 is 5.97 Å². The van der Waals surface area contributed by atoms with Gasteiger partial charge in [-0.05, 0) is 71.9 Å². The van der Waals surface area contributed by atoms with Crippen molar-refractivity contribution < 1.29 is 19.0 Å². The molecular formula is C26H34FNO3. The zero-order valence-corrected chi connectivity index (χ0v) is 18.8. The van der Waals surface area contributed by atoms with E-state index in [9.17, 15) is 9.18 Å². The summed E-state index contributed by atoms with van der Waals surface area (Å²) in [4.78, 5) is 10.6. The standard InChI is InChI=1S/C26H34FNO3/c1-26(2,3)21-8-10-22(11-9-21)31-24-12-7-20(16-23(24)27)19-6-4-5-18(15-19)17-28-14-13-25(29)30/h4-7,12,15-16,21-22,28H,8-11,13-14,17H2,1-3H3,(H,29,30). The number of benzene rings is 2. The van der Waals surface area contributed by atoms with Crippen LogP contribution in [0.2, 0.25) is 0 Å². The molecule has 2 aromatic carbocycles. The molecule has 1 fully saturated rings. The molecule has 1 saturated carbocycles. The molecule has 0 aliphatic heterocycles. The van der Waals surface area contributed by atoms with Crippen LogP contribution >= 0.6 is 0 Å². The molecule has 4 nitrogen and oxygen atoms in total. The number of rotatable bonds is 8. The molecule has 1 aliphatic carbocycles. The van der Waals surface area contributed by atoms with Crippen LogP contribution in [-0.4, -0.2) is 23.7 Å². The zero-order valence-electron chi connectivity index (χ0n) is 18.8. The number of ether oxygens (including phenoxy) is 1. The van der Waals surface area contributed by atoms with Crippen LogP contribution in [0.5, 0.6) is 5.75 Å². The van der Waals surface area contributed by atoms with E-state index in [4.69, 9.17) is 9.84 Å². The molecular weight excluding hydrogens is 393 g/mol. The van der Waals surface area contributed by atoms with E-state index in [2.05, 4.69) is 26.1 Å². The summed E-state index contributed by atoms with van der Waals surface area (Å²) >= 11 is 0. The summed E-state index contributed by atoms with van der Waals surface area (Å²) in [6.07, 6.45) is 4.37. The average molecular weight is 428 g/mol. The maximum absolute atomic E-state index is 14.8. The maximum Gasteiger partial charge on any atom is 0.304 e. The Balaban J connectivity index is 1.59. The molecule has 0 unspecified atom stereocenters. The summed E-state index contributed by atoms with van der Waals surface area (Å²) in [5.74, 6) is -0.123. The fourth-order valence-corrected chi connectivity index (χ4v) is 4.29. The second-order valence-electron chi connectivity index (χ2n) is 9.62. The van der Waals surface area contributed by atoms with Crippen molar-refractivity contribution in [2.45, 2.75) is 65.5 Å². The zero-order chi connectivity index (χ0) is 22.4. The Morgan fingerprint density at radius 2 is 1.81 bits per heavy atom. The van der Waals surface area contributed by atoms with Crippen LogP contribution in [0.4, 0.5) is 4.39 Å². The summed E-state index contributed by atoms with van der Waals surface area (Å²) < 4.78 is 20.8. The third-order valence-electron chi connectivity index (χ3n) is 6.23. The van der Waals surface area contributed by atoms with Crippen molar-refractivity contribution in [2.75, 3.05) is 6.54 Å². The van der Waals surface area contributed by atoms with E-state index in [0.29, 0.717) is 30.2 Å². The molecule has 0 spiro atoms. The topological polar surface area (TPSA) is 58.6 Å². The maximum atomic E-state index is 14.8. The van der Waals surface area contributed by atoms with E-state index in [0.717, 1.165) is 42.4 Å². The lowest BCUT2D eigenvalue weighted by atomic mass is 9.72. The van der Waals surface area contributed by atoms with Crippen LogP contribution in [0.1, 0.15) is 58.4 Å². The molecule has 0 saturated heterocycles. The normalized spacial score (nSPS) is 19.2. The van der Waals surface area contributed by atoms with Crippen LogP contribution < -0.4 is 10.1 Å². The number of hydrogen-bond donors (Lipinski definition) is 2. The SMILES string of the molecule is CC(C)(C)C1CCC(Oc2ccc(-c3cccc(CNCCC(=O)O)c3)cc2F)CC1. The predicted octanol–water partition coefficient (Wildman–Crippen LogP) is 6.04. The number of halogens is 1. The molecule has 31 heavy (non-hydrogen) atoms. The molecule has 2 aromatic rings. The predicted molar refractivity (Wildman–Crippen MR) is 122 cm³/mol. The highest BCUT2D eigenvalue weighted by Crippen LogP contribution is 2.39. The highest BCUT2D eigenvalue weighted by Gasteiger charge is 2.30. The van der Waals surface area contributed by atoms with Gasteiger partial charge in [0.25, 0.3) is 0 Å². The van der Waals surface area contributed by atoms with Gasteiger partial charge < -0.3 is 15.2 Å². The first-order valence-electron chi connectivity index (χ1n) is 11.2. The van der Waals surface area contributed by atoms with Crippen molar-refractivity contribution in [2.24, 2.45) is 11.3 Å². The van der Waals surface area contributed by atoms with Gasteiger partial charge in [0.05, 0.1) is 12.5 Å². The van der Waals surface area contributed by atoms with Gasteiger partial charge in [-0.15, -0.1) is 0 Å². The van der Waals surface area contributed by atoms with Crippen LogP contribution in [0.25, 0.3) is 11.1 Å². The number of carboxylic acids is 1. The van der Waals surface area contributed by atoms with Crippen LogP contribution in [0.15, 0.2) is 42.5 Å². The summed E-state index contributed by atoms with van der Waals surface area (Å²) in [7, 11) is 0. The fourth-order valence-electron chi connectivity index (χ4n) is 4.29. The van der Waals surface area contributed by atoms with E-state index in [1.807, 2.05) is 30.3 Å². The van der Waals surface area contributed by atoms with Crippen LogP contribution in [-0.2, 0) is 11.3 Å². The minimum atomic E-state index is -0.818. The first-order chi connectivity index (χ1) is 14.7. The molecule has 5 heteroatoms. The van der Waals surface area contributed by atoms with Gasteiger partial charge in [-0.3, -0.25) is 4.79 Å². The molecule has 168 valence electrons. The summed E-state index contributed by atoms with van der Waals surface area (Å²) in [6, 6.07) is 13.0. The first-order valence-corrected chi connectivity index (χ1v) is 11.2. The Bertz CT molecular complexity index is 882. The van der Waals surface area contributed by atoms with Gasteiger partial charge in [0.2, 0.25) is 0 Å². The number of hydrogen-bond acceptors (Lipinski definition) is 3. The Hall–Kier alpha value is -2.40. The van der Waals surface area contributed by atoms with Gasteiger partial charge in [-0.1, -0.05) is 45.0 Å². The molecule has 3 rings (SSSR count). The Morgan fingerprint density at radius 3 is 2.45 bits per heavy atom. The smallest absolute Gasteiger partial charge is 0.304 e. The Labute approximate surface area is 184 Å². The molecule has 0 atom stereocenters. The molecule has 0 bridgehead atoms. The lowest BCUT2D eigenvalue weighted by Crippen LogP contribution is -2.30. The van der Waals surface area contributed by atoms with Crippen molar-refractivity contribution in [3.8, 4) is 16.9 Å². The number of carbonyl (C=O) groups is 1. The van der Waals surface area contributed by atoms with E-state index in [1.54, 1.807) is 6.07 Å². The van der Waals surface area contributed by atoms with Crippen LogP contribution in [0.3, 0.4) is 0 Å². The van der Waals surface area contributed by atoms with Gasteiger partial charge in [0.15, 0.2) is 11.6 Å². The highest BCUT2D eigenvalue weighted by atomic mass is 19.1. The van der Waals surface area contributed by atoms with Gasteiger partial charge >= 0.3 is 5.97 Å². The van der Waals surface area contributed by atoms with Crippen LogP contribution in [0, 0.1) is 17.2 Å². The lowest BCUT2D eigenvalue weighted by Gasteiger charge is -2.37. The second-order valence-corrected chi connectivity index (χ2v) is 9.62. The van der Waals surface area contributed by atoms with E-state index in [-0.39, 0.29) is 18.3 Å². The summed E-state index contributed by atoms with van der Waals surface area (Å²) in [5.41, 5.74) is 3.07. The average Bonchev–Trinajstić information content (AvgIpc) is 2.72. The van der Waals surface area contributed by atoms with Crippen molar-refractivity contribution >= 4 is 5.97 Å². The van der Waals surface area contributed by atoms with Gasteiger partial charge in [0, 0.05) is 13.1 Å². The van der Waals surface area contributed by atoms with E-state index >= 15 is 0 Å². The van der Waals surface area contributed by atoms with Crippen molar-refractivity contribution in [1.29, 1.82) is 0 Å². The van der Waals surface area contributed by atoms with Crippen molar-refractivity contribution in [1.82, 2.24) is 5.32 Å². The second kappa shape index (κ2) is 10.3.